The standard InChI is InChI=1S/C14H18N2O2.C11H15NO.C8H13NO.C8H14O.C6H12O/c1-11(17)13-3-5-14(6-4-13)16-9-7-15(8-10-16)12(2)18;1-9(13)8-10-4-6-11(7-5-10)12(2)3;1-7-3-5-9(6-4-7)8(2)10;1-7(9)8-5-3-2-4-6-8;1-6-4-2-3-5-7-6/h3-6H,7-10H2,1-2H3;4-7H,8H2,1-3H3;1,3-6H2,2H3;8H,2-6H2,1H3;6H,2-5H2,1H3. The maximum Gasteiger partial charge on any atom is 0.219 e. The van der Waals surface area contributed by atoms with Crippen molar-refractivity contribution in [3.8, 4) is 0 Å². The molecule has 0 spiro atoms. The van der Waals surface area contributed by atoms with Gasteiger partial charge in [0.15, 0.2) is 5.78 Å². The molecule has 10 heteroatoms. The summed E-state index contributed by atoms with van der Waals surface area (Å²) in [6.07, 6.45) is 13.1. The monoisotopic (exact) mass is 789 g/mol. The van der Waals surface area contributed by atoms with Crippen LogP contribution >= 0.6 is 0 Å². The zero-order chi connectivity index (χ0) is 42.3. The molecule has 1 unspecified atom stereocenters. The van der Waals surface area contributed by atoms with E-state index in [4.69, 9.17) is 4.74 Å². The summed E-state index contributed by atoms with van der Waals surface area (Å²) in [7, 11) is 4.00. The van der Waals surface area contributed by atoms with Gasteiger partial charge in [0, 0.05) is 103 Å². The summed E-state index contributed by atoms with van der Waals surface area (Å²) in [5, 5.41) is 0. The van der Waals surface area contributed by atoms with E-state index >= 15 is 0 Å². The molecular weight excluding hydrogens is 717 g/mol. The van der Waals surface area contributed by atoms with Crippen LogP contribution < -0.4 is 9.80 Å². The molecule has 1 saturated carbocycles. The predicted molar refractivity (Wildman–Crippen MR) is 233 cm³/mol. The molecule has 4 aliphatic rings. The third kappa shape index (κ3) is 20.1. The highest BCUT2D eigenvalue weighted by Crippen LogP contribution is 2.24. The normalized spacial score (nSPS) is 18.1. The van der Waals surface area contributed by atoms with E-state index in [0.29, 0.717) is 24.2 Å². The Hall–Kier alpha value is -4.31. The number of piperidine rings is 1. The maximum atomic E-state index is 11.2. The molecule has 2 amide bonds. The highest BCUT2D eigenvalue weighted by Gasteiger charge is 2.19. The van der Waals surface area contributed by atoms with Crippen molar-refractivity contribution in [3.63, 3.8) is 0 Å². The third-order valence-electron chi connectivity index (χ3n) is 10.8. The van der Waals surface area contributed by atoms with Crippen LogP contribution in [0.3, 0.4) is 0 Å². The third-order valence-corrected chi connectivity index (χ3v) is 10.8. The molecule has 1 atom stereocenters. The van der Waals surface area contributed by atoms with E-state index in [-0.39, 0.29) is 23.4 Å². The van der Waals surface area contributed by atoms with Gasteiger partial charge < -0.3 is 24.3 Å². The van der Waals surface area contributed by atoms with Gasteiger partial charge in [-0.25, -0.2) is 0 Å². The van der Waals surface area contributed by atoms with Gasteiger partial charge in [0.1, 0.15) is 11.6 Å². The van der Waals surface area contributed by atoms with Crippen molar-refractivity contribution in [2.75, 3.05) is 69.8 Å². The summed E-state index contributed by atoms with van der Waals surface area (Å²) < 4.78 is 5.28. The first-order valence-electron chi connectivity index (χ1n) is 21.0. The average Bonchev–Trinajstić information content (AvgIpc) is 3.20. The first-order valence-corrected chi connectivity index (χ1v) is 21.0. The second-order valence-electron chi connectivity index (χ2n) is 15.9. The Kier molecular flexibility index (Phi) is 22.8. The highest BCUT2D eigenvalue weighted by atomic mass is 16.5. The largest absolute Gasteiger partial charge is 0.379 e. The Morgan fingerprint density at radius 3 is 1.60 bits per heavy atom. The fourth-order valence-corrected chi connectivity index (χ4v) is 6.93. The topological polar surface area (TPSA) is 108 Å². The number of carbonyl (C=O) groups is 5. The lowest BCUT2D eigenvalue weighted by Gasteiger charge is -2.35. The molecule has 0 bridgehead atoms. The summed E-state index contributed by atoms with van der Waals surface area (Å²) in [5.41, 5.74) is 5.37. The molecule has 316 valence electrons. The molecule has 3 saturated heterocycles. The Morgan fingerprint density at radius 1 is 0.684 bits per heavy atom. The molecule has 2 aromatic carbocycles. The SMILES string of the molecule is C=C1CCN(C(C)=O)CC1.CC(=O)C1CCCCC1.CC(=O)Cc1ccc(N(C)C)cc1.CC(=O)c1ccc(N2CCN(C(C)=O)CC2)cc1.CC1CCCCO1. The van der Waals surface area contributed by atoms with Gasteiger partial charge >= 0.3 is 0 Å². The first-order chi connectivity index (χ1) is 27.1. The van der Waals surface area contributed by atoms with Crippen LogP contribution in [0, 0.1) is 5.92 Å². The molecule has 6 rings (SSSR count). The average molecular weight is 789 g/mol. The Balaban J connectivity index is 0.000000256. The van der Waals surface area contributed by atoms with Crippen molar-refractivity contribution in [2.45, 2.75) is 118 Å². The summed E-state index contributed by atoms with van der Waals surface area (Å²) in [5.74, 6) is 1.43. The molecule has 0 radical (unpaired) electrons. The van der Waals surface area contributed by atoms with Gasteiger partial charge in [-0.05, 0) is 115 Å². The lowest BCUT2D eigenvalue weighted by molar-refractivity contribution is -0.130. The van der Waals surface area contributed by atoms with Crippen molar-refractivity contribution in [3.05, 3.63) is 71.8 Å². The number of amides is 2. The van der Waals surface area contributed by atoms with Crippen LogP contribution in [0.1, 0.15) is 122 Å². The number of piperazine rings is 1. The van der Waals surface area contributed by atoms with E-state index in [2.05, 4.69) is 18.4 Å². The van der Waals surface area contributed by atoms with Gasteiger partial charge in [0.25, 0.3) is 0 Å². The Labute approximate surface area is 344 Å². The second-order valence-corrected chi connectivity index (χ2v) is 15.9. The first kappa shape index (κ1) is 48.8. The van der Waals surface area contributed by atoms with E-state index < -0.39 is 0 Å². The van der Waals surface area contributed by atoms with E-state index in [0.717, 1.165) is 94.1 Å². The number of anilines is 2. The van der Waals surface area contributed by atoms with Crippen molar-refractivity contribution in [1.29, 1.82) is 0 Å². The van der Waals surface area contributed by atoms with Crippen LogP contribution in [0.15, 0.2) is 60.7 Å². The van der Waals surface area contributed by atoms with E-state index in [1.165, 1.54) is 44.1 Å². The Bertz CT molecular complexity index is 1520. The van der Waals surface area contributed by atoms with Crippen LogP contribution in [0.2, 0.25) is 0 Å². The zero-order valence-corrected chi connectivity index (χ0v) is 36.4. The molecule has 57 heavy (non-hydrogen) atoms. The van der Waals surface area contributed by atoms with E-state index in [1.54, 1.807) is 34.6 Å². The Morgan fingerprint density at radius 2 is 1.21 bits per heavy atom. The second kappa shape index (κ2) is 26.6. The van der Waals surface area contributed by atoms with Crippen LogP contribution in [-0.4, -0.2) is 105 Å². The van der Waals surface area contributed by atoms with Crippen LogP contribution in [-0.2, 0) is 30.3 Å². The molecule has 10 nitrogen and oxygen atoms in total. The molecule has 0 N–H and O–H groups in total. The van der Waals surface area contributed by atoms with Crippen molar-refractivity contribution >= 4 is 40.5 Å². The van der Waals surface area contributed by atoms with Gasteiger partial charge in [-0.2, -0.15) is 0 Å². The molecule has 1 aliphatic carbocycles. The number of likely N-dealkylation sites (tertiary alicyclic amines) is 1. The van der Waals surface area contributed by atoms with E-state index in [1.807, 2.05) is 77.3 Å². The molecule has 3 heterocycles. The number of ether oxygens (including phenoxy) is 1. The summed E-state index contributed by atoms with van der Waals surface area (Å²) in [4.78, 5) is 62.9. The van der Waals surface area contributed by atoms with Gasteiger partial charge in [-0.15, -0.1) is 0 Å². The number of ketones is 3. The van der Waals surface area contributed by atoms with Crippen LogP contribution in [0.5, 0.6) is 0 Å². The fourth-order valence-electron chi connectivity index (χ4n) is 6.93. The minimum absolute atomic E-state index is 0.0861. The summed E-state index contributed by atoms with van der Waals surface area (Å²) in [6.45, 7) is 20.1. The number of benzene rings is 2. The van der Waals surface area contributed by atoms with Crippen LogP contribution in [0.25, 0.3) is 0 Å². The summed E-state index contributed by atoms with van der Waals surface area (Å²) in [6, 6.07) is 15.7. The molecule has 0 aromatic heterocycles. The van der Waals surface area contributed by atoms with Crippen LogP contribution in [0.4, 0.5) is 11.4 Å². The molecule has 3 aliphatic heterocycles. The molecular formula is C47H72N4O6. The molecule has 2 aromatic rings. The zero-order valence-electron chi connectivity index (χ0n) is 36.4. The maximum absolute atomic E-state index is 11.2. The quantitative estimate of drug-likeness (QED) is 0.213. The lowest BCUT2D eigenvalue weighted by atomic mass is 9.87. The minimum atomic E-state index is 0.0861. The van der Waals surface area contributed by atoms with Gasteiger partial charge in [-0.1, -0.05) is 43.5 Å². The minimum Gasteiger partial charge on any atom is -0.379 e. The molecule has 4 fully saturated rings. The smallest absolute Gasteiger partial charge is 0.219 e. The number of hydrogen-bond donors (Lipinski definition) is 0. The van der Waals surface area contributed by atoms with Gasteiger partial charge in [-0.3, -0.25) is 24.0 Å². The predicted octanol–water partition coefficient (Wildman–Crippen LogP) is 8.36. The number of hydrogen-bond acceptors (Lipinski definition) is 8. The number of Topliss-reactive ketones (excluding diaryl/α,β-unsaturated/α-hetero) is 3. The van der Waals surface area contributed by atoms with Gasteiger partial charge in [0.2, 0.25) is 11.8 Å². The lowest BCUT2D eigenvalue weighted by Crippen LogP contribution is -2.48. The number of nitrogens with zero attached hydrogens (tertiary/aromatic N) is 4. The van der Waals surface area contributed by atoms with Gasteiger partial charge in [0.05, 0.1) is 6.10 Å². The van der Waals surface area contributed by atoms with Crippen molar-refractivity contribution in [2.24, 2.45) is 5.92 Å². The van der Waals surface area contributed by atoms with Crippen molar-refractivity contribution < 1.29 is 28.7 Å². The highest BCUT2D eigenvalue weighted by molar-refractivity contribution is 5.94. The summed E-state index contributed by atoms with van der Waals surface area (Å²) >= 11 is 0. The number of carbonyl (C=O) groups excluding carboxylic acids is 5. The van der Waals surface area contributed by atoms with Crippen molar-refractivity contribution in [1.82, 2.24) is 9.80 Å². The fraction of sp³-hybridized carbons (Fsp3) is 0.596. The van der Waals surface area contributed by atoms with E-state index in [9.17, 15) is 24.0 Å². The number of rotatable bonds is 6.